The Morgan fingerprint density at radius 1 is 0.900 bits per heavy atom. The molecule has 2 aliphatic carbocycles. The fourth-order valence-electron chi connectivity index (χ4n) is 5.50. The zero-order valence-corrected chi connectivity index (χ0v) is 24.8. The maximum absolute atomic E-state index is 14.2. The molecule has 40 heavy (non-hydrogen) atoms. The second kappa shape index (κ2) is 11.7. The predicted octanol–water partition coefficient (Wildman–Crippen LogP) is 8.40. The zero-order chi connectivity index (χ0) is 27.8. The van der Waals surface area contributed by atoms with Crippen LogP contribution in [0, 0.1) is 5.92 Å². The van der Waals surface area contributed by atoms with Gasteiger partial charge in [0.05, 0.1) is 19.8 Å². The third-order valence-corrected chi connectivity index (χ3v) is 10.5. The van der Waals surface area contributed by atoms with Crippen LogP contribution in [0.1, 0.15) is 53.8 Å². The van der Waals surface area contributed by atoms with E-state index in [9.17, 15) is 9.59 Å². The Morgan fingerprint density at radius 3 is 2.38 bits per heavy atom. The standard InChI is InChI=1S/C31H28Cl3N3O2S/c32-25-11-10-24-26(33)29(40-28(24)27(25)34)31(39)37(23-8-6-22(7-9-23)36-30(38)20-4-5-20)17-18-2-1-3-21(16-18)19-12-14-35-15-13-19/h1-3,10-16,20,22-23H,4-9,17H2,(H,36,38). The molecule has 2 saturated carbocycles. The van der Waals surface area contributed by atoms with Gasteiger partial charge in [-0.2, -0.15) is 0 Å². The number of aromatic nitrogens is 1. The fraction of sp³-hybridized carbons (Fsp3) is 0.323. The van der Waals surface area contributed by atoms with Crippen LogP contribution < -0.4 is 5.32 Å². The lowest BCUT2D eigenvalue weighted by Crippen LogP contribution is -2.46. The van der Waals surface area contributed by atoms with Gasteiger partial charge in [-0.1, -0.05) is 59.1 Å². The highest BCUT2D eigenvalue weighted by molar-refractivity contribution is 7.22. The van der Waals surface area contributed by atoms with Crippen molar-refractivity contribution in [2.75, 3.05) is 0 Å². The number of carbonyl (C=O) groups excluding carboxylic acids is 2. The van der Waals surface area contributed by atoms with E-state index in [1.165, 1.54) is 11.3 Å². The van der Waals surface area contributed by atoms with Crippen LogP contribution in [0.5, 0.6) is 0 Å². The third-order valence-electron chi connectivity index (χ3n) is 7.87. The highest BCUT2D eigenvalue weighted by atomic mass is 35.5. The van der Waals surface area contributed by atoms with Crippen LogP contribution in [0.3, 0.4) is 0 Å². The predicted molar refractivity (Wildman–Crippen MR) is 163 cm³/mol. The number of nitrogens with one attached hydrogen (secondary N) is 1. The van der Waals surface area contributed by atoms with E-state index in [2.05, 4.69) is 28.5 Å². The van der Waals surface area contributed by atoms with Gasteiger partial charge in [0.15, 0.2) is 0 Å². The number of benzene rings is 2. The number of fused-ring (bicyclic) bond motifs is 1. The molecule has 5 nitrogen and oxygen atoms in total. The average molecular weight is 613 g/mol. The summed E-state index contributed by atoms with van der Waals surface area (Å²) in [5.41, 5.74) is 3.17. The minimum absolute atomic E-state index is 0.0199. The lowest BCUT2D eigenvalue weighted by Gasteiger charge is -2.37. The van der Waals surface area contributed by atoms with Crippen molar-refractivity contribution < 1.29 is 9.59 Å². The van der Waals surface area contributed by atoms with E-state index in [1.54, 1.807) is 18.5 Å². The fourth-order valence-corrected chi connectivity index (χ4v) is 7.49. The molecule has 2 aromatic heterocycles. The number of halogens is 3. The molecule has 2 aliphatic rings. The van der Waals surface area contributed by atoms with E-state index in [4.69, 9.17) is 34.8 Å². The number of amides is 2. The molecule has 0 saturated heterocycles. The first kappa shape index (κ1) is 27.5. The van der Waals surface area contributed by atoms with Gasteiger partial charge in [0.1, 0.15) is 4.88 Å². The Labute approximate surface area is 252 Å². The first-order valence-electron chi connectivity index (χ1n) is 13.6. The van der Waals surface area contributed by atoms with Crippen molar-refractivity contribution in [3.05, 3.63) is 86.4 Å². The highest BCUT2D eigenvalue weighted by Crippen LogP contribution is 2.43. The number of nitrogens with zero attached hydrogens (tertiary/aromatic N) is 2. The summed E-state index contributed by atoms with van der Waals surface area (Å²) in [7, 11) is 0. The van der Waals surface area contributed by atoms with Crippen LogP contribution in [0.25, 0.3) is 21.2 Å². The van der Waals surface area contributed by atoms with E-state index in [1.807, 2.05) is 29.2 Å². The summed E-state index contributed by atoms with van der Waals surface area (Å²) in [6.07, 6.45) is 8.83. The first-order chi connectivity index (χ1) is 19.4. The molecule has 206 valence electrons. The van der Waals surface area contributed by atoms with Gasteiger partial charge in [-0.15, -0.1) is 11.3 Å². The molecule has 2 heterocycles. The second-order valence-corrected chi connectivity index (χ2v) is 12.8. The van der Waals surface area contributed by atoms with E-state index >= 15 is 0 Å². The van der Waals surface area contributed by atoms with Crippen molar-refractivity contribution in [1.29, 1.82) is 0 Å². The van der Waals surface area contributed by atoms with E-state index in [-0.39, 0.29) is 29.8 Å². The van der Waals surface area contributed by atoms with Gasteiger partial charge in [-0.3, -0.25) is 14.6 Å². The second-order valence-electron chi connectivity index (χ2n) is 10.6. The quantitative estimate of drug-likeness (QED) is 0.228. The summed E-state index contributed by atoms with van der Waals surface area (Å²) in [6, 6.07) is 15.9. The van der Waals surface area contributed by atoms with E-state index in [0.717, 1.165) is 60.6 Å². The SMILES string of the molecule is O=C(NC1CCC(N(Cc2cccc(-c3ccncc3)c2)C(=O)c2sc3c(Cl)c(Cl)ccc3c2Cl)CC1)C1CC1. The Hall–Kier alpha value is -2.64. The number of thiophene rings is 1. The third kappa shape index (κ3) is 5.73. The summed E-state index contributed by atoms with van der Waals surface area (Å²) in [5.74, 6) is 0.258. The maximum atomic E-state index is 14.2. The first-order valence-corrected chi connectivity index (χ1v) is 15.5. The number of hydrogen-bond acceptors (Lipinski definition) is 4. The molecule has 2 aromatic carbocycles. The zero-order valence-electron chi connectivity index (χ0n) is 21.7. The maximum Gasteiger partial charge on any atom is 0.266 e. The molecule has 0 bridgehead atoms. The molecule has 9 heteroatoms. The summed E-state index contributed by atoms with van der Waals surface area (Å²) in [4.78, 5) is 33.1. The molecule has 0 atom stereocenters. The van der Waals surface area contributed by atoms with Gasteiger partial charge in [0.2, 0.25) is 5.91 Å². The number of carbonyl (C=O) groups is 2. The molecule has 6 rings (SSSR count). The van der Waals surface area contributed by atoms with Crippen molar-refractivity contribution in [2.24, 2.45) is 5.92 Å². The van der Waals surface area contributed by atoms with Crippen LogP contribution in [-0.4, -0.2) is 33.8 Å². The van der Waals surface area contributed by atoms with Crippen molar-refractivity contribution in [3.63, 3.8) is 0 Å². The molecular formula is C31H28Cl3N3O2S. The Bertz CT molecular complexity index is 1560. The minimum Gasteiger partial charge on any atom is -0.353 e. The summed E-state index contributed by atoms with van der Waals surface area (Å²) < 4.78 is 0.716. The molecule has 4 aromatic rings. The normalized spacial score (nSPS) is 19.0. The molecular weight excluding hydrogens is 585 g/mol. The molecule has 1 N–H and O–H groups in total. The monoisotopic (exact) mass is 611 g/mol. The molecule has 0 radical (unpaired) electrons. The topological polar surface area (TPSA) is 62.3 Å². The van der Waals surface area contributed by atoms with Crippen molar-refractivity contribution in [1.82, 2.24) is 15.2 Å². The van der Waals surface area contributed by atoms with Crippen molar-refractivity contribution >= 4 is 68.0 Å². The van der Waals surface area contributed by atoms with Gasteiger partial charge in [0, 0.05) is 42.3 Å². The number of pyridine rings is 1. The molecule has 2 fully saturated rings. The minimum atomic E-state index is -0.113. The lowest BCUT2D eigenvalue weighted by molar-refractivity contribution is -0.123. The van der Waals surface area contributed by atoms with Gasteiger partial charge in [-0.25, -0.2) is 0 Å². The smallest absolute Gasteiger partial charge is 0.266 e. The summed E-state index contributed by atoms with van der Waals surface area (Å²) >= 11 is 20.8. The molecule has 0 aliphatic heterocycles. The van der Waals surface area contributed by atoms with Crippen LogP contribution in [0.15, 0.2) is 60.9 Å². The van der Waals surface area contributed by atoms with Gasteiger partial charge >= 0.3 is 0 Å². The highest BCUT2D eigenvalue weighted by Gasteiger charge is 2.35. The van der Waals surface area contributed by atoms with E-state index < -0.39 is 0 Å². The van der Waals surface area contributed by atoms with Crippen molar-refractivity contribution in [2.45, 2.75) is 57.2 Å². The summed E-state index contributed by atoms with van der Waals surface area (Å²) in [5, 5.41) is 5.20. The number of rotatable bonds is 7. The lowest BCUT2D eigenvalue weighted by atomic mass is 9.89. The average Bonchev–Trinajstić information content (AvgIpc) is 3.78. The van der Waals surface area contributed by atoms with Gasteiger partial charge in [0.25, 0.3) is 5.91 Å². The molecule has 0 unspecified atom stereocenters. The van der Waals surface area contributed by atoms with Crippen molar-refractivity contribution in [3.8, 4) is 11.1 Å². The Kier molecular flexibility index (Phi) is 8.04. The van der Waals surface area contributed by atoms with Gasteiger partial charge in [-0.05, 0) is 79.5 Å². The largest absolute Gasteiger partial charge is 0.353 e. The Balaban J connectivity index is 1.29. The summed E-state index contributed by atoms with van der Waals surface area (Å²) in [6.45, 7) is 0.445. The number of hydrogen-bond donors (Lipinski definition) is 1. The Morgan fingerprint density at radius 2 is 1.65 bits per heavy atom. The molecule has 0 spiro atoms. The van der Waals surface area contributed by atoms with Crippen LogP contribution in [-0.2, 0) is 11.3 Å². The van der Waals surface area contributed by atoms with E-state index in [0.29, 0.717) is 31.2 Å². The van der Waals surface area contributed by atoms with Crippen LogP contribution in [0.4, 0.5) is 0 Å². The van der Waals surface area contributed by atoms with Gasteiger partial charge < -0.3 is 10.2 Å². The van der Waals surface area contributed by atoms with Crippen LogP contribution >= 0.6 is 46.1 Å². The molecule has 2 amide bonds. The van der Waals surface area contributed by atoms with Crippen LogP contribution in [0.2, 0.25) is 15.1 Å².